The van der Waals surface area contributed by atoms with Crippen molar-refractivity contribution in [3.63, 3.8) is 0 Å². The van der Waals surface area contributed by atoms with Crippen molar-refractivity contribution in [3.8, 4) is 0 Å². The van der Waals surface area contributed by atoms with Crippen molar-refractivity contribution in [2.75, 3.05) is 13.1 Å². The summed E-state index contributed by atoms with van der Waals surface area (Å²) in [7, 11) is 0. The Morgan fingerprint density at radius 3 is 2.50 bits per heavy atom. The average molecular weight is 292 g/mol. The van der Waals surface area contributed by atoms with Crippen molar-refractivity contribution in [1.29, 1.82) is 0 Å². The van der Waals surface area contributed by atoms with Crippen LogP contribution in [0.5, 0.6) is 0 Å². The molecule has 2 aromatic carbocycles. The Morgan fingerprint density at radius 2 is 1.68 bits per heavy atom. The molecule has 0 bridgehead atoms. The van der Waals surface area contributed by atoms with E-state index in [0.717, 1.165) is 19.6 Å². The van der Waals surface area contributed by atoms with E-state index in [1.54, 1.807) is 11.1 Å². The second-order valence-electron chi connectivity index (χ2n) is 6.69. The molecule has 2 heteroatoms. The first-order valence-electron chi connectivity index (χ1n) is 8.45. The molecule has 1 spiro atoms. The van der Waals surface area contributed by atoms with Crippen LogP contribution < -0.4 is 10.6 Å². The van der Waals surface area contributed by atoms with Gasteiger partial charge in [0, 0.05) is 18.0 Å². The van der Waals surface area contributed by atoms with Gasteiger partial charge in [0.2, 0.25) is 0 Å². The lowest BCUT2D eigenvalue weighted by Gasteiger charge is -2.40. The Labute approximate surface area is 132 Å². The van der Waals surface area contributed by atoms with Gasteiger partial charge in [0.15, 0.2) is 0 Å². The molecular formula is C20H24N2. The van der Waals surface area contributed by atoms with E-state index < -0.39 is 0 Å². The molecule has 1 unspecified atom stereocenters. The van der Waals surface area contributed by atoms with Gasteiger partial charge in [-0.1, -0.05) is 54.6 Å². The Kier molecular flexibility index (Phi) is 3.73. The topological polar surface area (TPSA) is 24.1 Å². The van der Waals surface area contributed by atoms with E-state index in [9.17, 15) is 0 Å². The van der Waals surface area contributed by atoms with Crippen LogP contribution in [-0.2, 0) is 18.4 Å². The SMILES string of the molecule is c1ccc(CNC2Cc3ccccc3C23CCNCC3)cc1. The number of hydrogen-bond acceptors (Lipinski definition) is 2. The van der Waals surface area contributed by atoms with Crippen LogP contribution in [0, 0.1) is 0 Å². The fourth-order valence-corrected chi connectivity index (χ4v) is 4.38. The summed E-state index contributed by atoms with van der Waals surface area (Å²) in [6.07, 6.45) is 3.66. The maximum absolute atomic E-state index is 3.88. The number of piperidine rings is 1. The number of nitrogens with one attached hydrogen (secondary N) is 2. The smallest absolute Gasteiger partial charge is 0.0209 e. The third kappa shape index (κ3) is 2.37. The molecule has 1 atom stereocenters. The molecule has 1 fully saturated rings. The van der Waals surface area contributed by atoms with Gasteiger partial charge in [-0.3, -0.25) is 0 Å². The van der Waals surface area contributed by atoms with Crippen LogP contribution in [0.3, 0.4) is 0 Å². The van der Waals surface area contributed by atoms with Crippen molar-refractivity contribution >= 4 is 0 Å². The van der Waals surface area contributed by atoms with E-state index in [-0.39, 0.29) is 0 Å². The summed E-state index contributed by atoms with van der Waals surface area (Å²) in [6, 6.07) is 20.4. The van der Waals surface area contributed by atoms with E-state index in [1.165, 1.54) is 24.8 Å². The van der Waals surface area contributed by atoms with Crippen LogP contribution in [0.4, 0.5) is 0 Å². The van der Waals surface area contributed by atoms with E-state index in [0.29, 0.717) is 11.5 Å². The number of rotatable bonds is 3. The summed E-state index contributed by atoms with van der Waals surface area (Å²) < 4.78 is 0. The van der Waals surface area contributed by atoms with Crippen LogP contribution in [0.15, 0.2) is 54.6 Å². The lowest BCUT2D eigenvalue weighted by atomic mass is 9.71. The van der Waals surface area contributed by atoms with Crippen molar-refractivity contribution in [2.45, 2.75) is 37.3 Å². The standard InChI is InChI=1S/C20H24N2/c1-2-6-16(7-3-1)15-22-19-14-17-8-4-5-9-18(17)20(19)10-12-21-13-11-20/h1-9,19,21-22H,10-15H2. The Morgan fingerprint density at radius 1 is 0.955 bits per heavy atom. The van der Waals surface area contributed by atoms with Gasteiger partial charge in [0.05, 0.1) is 0 Å². The van der Waals surface area contributed by atoms with Crippen LogP contribution in [0.25, 0.3) is 0 Å². The first-order valence-corrected chi connectivity index (χ1v) is 8.45. The lowest BCUT2D eigenvalue weighted by Crippen LogP contribution is -2.51. The van der Waals surface area contributed by atoms with Crippen molar-refractivity contribution < 1.29 is 0 Å². The minimum absolute atomic E-state index is 0.330. The van der Waals surface area contributed by atoms with Crippen LogP contribution >= 0.6 is 0 Å². The summed E-state index contributed by atoms with van der Waals surface area (Å²) in [5.41, 5.74) is 4.86. The Balaban J connectivity index is 1.59. The van der Waals surface area contributed by atoms with E-state index >= 15 is 0 Å². The normalized spacial score (nSPS) is 22.6. The van der Waals surface area contributed by atoms with E-state index in [4.69, 9.17) is 0 Å². The first kappa shape index (κ1) is 14.0. The van der Waals surface area contributed by atoms with Crippen LogP contribution in [-0.4, -0.2) is 19.1 Å². The fraction of sp³-hybridized carbons (Fsp3) is 0.400. The third-order valence-electron chi connectivity index (χ3n) is 5.54. The van der Waals surface area contributed by atoms with Crippen molar-refractivity contribution in [1.82, 2.24) is 10.6 Å². The van der Waals surface area contributed by atoms with E-state index in [1.807, 2.05) is 0 Å². The number of hydrogen-bond donors (Lipinski definition) is 2. The Bertz CT molecular complexity index is 629. The second-order valence-corrected chi connectivity index (χ2v) is 6.69. The van der Waals surface area contributed by atoms with Crippen LogP contribution in [0.1, 0.15) is 29.5 Å². The number of benzene rings is 2. The molecule has 0 aromatic heterocycles. The second kappa shape index (κ2) is 5.86. The molecule has 2 aromatic rings. The quantitative estimate of drug-likeness (QED) is 0.908. The van der Waals surface area contributed by atoms with Gasteiger partial charge >= 0.3 is 0 Å². The molecule has 0 amide bonds. The highest BCUT2D eigenvalue weighted by Gasteiger charge is 2.46. The van der Waals surface area contributed by atoms with Crippen LogP contribution in [0.2, 0.25) is 0 Å². The first-order chi connectivity index (χ1) is 10.9. The van der Waals surface area contributed by atoms with Crippen molar-refractivity contribution in [2.24, 2.45) is 0 Å². The molecule has 1 saturated heterocycles. The van der Waals surface area contributed by atoms with Gasteiger partial charge < -0.3 is 10.6 Å². The van der Waals surface area contributed by atoms with Gasteiger partial charge in [-0.15, -0.1) is 0 Å². The monoisotopic (exact) mass is 292 g/mol. The minimum atomic E-state index is 0.330. The zero-order valence-electron chi connectivity index (χ0n) is 13.0. The fourth-order valence-electron chi connectivity index (χ4n) is 4.38. The molecule has 2 aliphatic rings. The molecule has 1 heterocycles. The van der Waals surface area contributed by atoms with Gasteiger partial charge in [0.25, 0.3) is 0 Å². The summed E-state index contributed by atoms with van der Waals surface area (Å²) in [5.74, 6) is 0. The van der Waals surface area contributed by atoms with E-state index in [2.05, 4.69) is 65.2 Å². The highest BCUT2D eigenvalue weighted by molar-refractivity contribution is 5.43. The van der Waals surface area contributed by atoms with Crippen molar-refractivity contribution in [3.05, 3.63) is 71.3 Å². The van der Waals surface area contributed by atoms with Gasteiger partial charge in [-0.05, 0) is 49.0 Å². The van der Waals surface area contributed by atoms with Gasteiger partial charge in [0.1, 0.15) is 0 Å². The average Bonchev–Trinajstić information content (AvgIpc) is 2.88. The molecule has 1 aliphatic carbocycles. The zero-order chi connectivity index (χ0) is 14.8. The minimum Gasteiger partial charge on any atom is -0.317 e. The molecule has 2 nitrogen and oxygen atoms in total. The molecule has 114 valence electrons. The van der Waals surface area contributed by atoms with Gasteiger partial charge in [-0.2, -0.15) is 0 Å². The zero-order valence-corrected chi connectivity index (χ0v) is 13.0. The largest absolute Gasteiger partial charge is 0.317 e. The summed E-state index contributed by atoms with van der Waals surface area (Å²) >= 11 is 0. The maximum Gasteiger partial charge on any atom is 0.0209 e. The summed E-state index contributed by atoms with van der Waals surface area (Å²) in [5, 5.41) is 7.41. The molecule has 1 aliphatic heterocycles. The number of fused-ring (bicyclic) bond motifs is 2. The molecule has 2 N–H and O–H groups in total. The maximum atomic E-state index is 3.88. The predicted molar refractivity (Wildman–Crippen MR) is 91.0 cm³/mol. The summed E-state index contributed by atoms with van der Waals surface area (Å²) in [4.78, 5) is 0. The molecule has 0 saturated carbocycles. The molecule has 0 radical (unpaired) electrons. The summed E-state index contributed by atoms with van der Waals surface area (Å²) in [6.45, 7) is 3.24. The highest BCUT2D eigenvalue weighted by atomic mass is 15.0. The molecule has 4 rings (SSSR count). The van der Waals surface area contributed by atoms with Gasteiger partial charge in [-0.25, -0.2) is 0 Å². The lowest BCUT2D eigenvalue weighted by molar-refractivity contribution is 0.240. The highest BCUT2D eigenvalue weighted by Crippen LogP contribution is 2.45. The molecule has 22 heavy (non-hydrogen) atoms. The third-order valence-corrected chi connectivity index (χ3v) is 5.54. The molecular weight excluding hydrogens is 268 g/mol. The predicted octanol–water partition coefficient (Wildman–Crippen LogP) is 3.02. The Hall–Kier alpha value is -1.64.